The molecule has 1 heterocycles. The summed E-state index contributed by atoms with van der Waals surface area (Å²) in [7, 11) is 0. The van der Waals surface area contributed by atoms with Gasteiger partial charge in [-0.1, -0.05) is 29.8 Å². The minimum Gasteiger partial charge on any atom is -0.444 e. The number of ether oxygens (including phenoxy) is 1. The molecule has 2 N–H and O–H groups in total. The topological polar surface area (TPSA) is 50.4 Å². The second-order valence-corrected chi connectivity index (χ2v) is 6.86. The lowest BCUT2D eigenvalue weighted by atomic mass is 9.94. The van der Waals surface area contributed by atoms with E-state index in [1.807, 2.05) is 20.8 Å². The highest BCUT2D eigenvalue weighted by molar-refractivity contribution is 5.68. The predicted molar refractivity (Wildman–Crippen MR) is 84.4 cm³/mol. The van der Waals surface area contributed by atoms with Crippen LogP contribution in [0.5, 0.6) is 0 Å². The monoisotopic (exact) mass is 290 g/mol. The van der Waals surface area contributed by atoms with Crippen LogP contribution in [0.4, 0.5) is 4.79 Å². The Kier molecular flexibility index (Phi) is 4.88. The molecule has 1 aromatic carbocycles. The van der Waals surface area contributed by atoms with Gasteiger partial charge >= 0.3 is 6.09 Å². The molecular formula is C17H26N2O2. The van der Waals surface area contributed by atoms with E-state index in [2.05, 4.69) is 41.8 Å². The maximum atomic E-state index is 11.9. The van der Waals surface area contributed by atoms with Crippen molar-refractivity contribution in [3.63, 3.8) is 0 Å². The van der Waals surface area contributed by atoms with Crippen LogP contribution in [0.2, 0.25) is 0 Å². The van der Waals surface area contributed by atoms with E-state index in [-0.39, 0.29) is 12.1 Å². The van der Waals surface area contributed by atoms with Crippen LogP contribution in [0.1, 0.15) is 31.9 Å². The quantitative estimate of drug-likeness (QED) is 0.900. The molecule has 1 saturated heterocycles. The molecule has 4 nitrogen and oxygen atoms in total. The zero-order chi connectivity index (χ0) is 15.5. The van der Waals surface area contributed by atoms with Gasteiger partial charge in [0, 0.05) is 19.1 Å². The number of benzene rings is 1. The average Bonchev–Trinajstić information content (AvgIpc) is 2.77. The molecule has 2 rings (SSSR count). The predicted octanol–water partition coefficient (Wildman–Crippen LogP) is 2.65. The number of aryl methyl sites for hydroxylation is 1. The zero-order valence-electron chi connectivity index (χ0n) is 13.4. The lowest BCUT2D eigenvalue weighted by molar-refractivity contribution is 0.0497. The number of carbonyl (C=O) groups is 1. The maximum Gasteiger partial charge on any atom is 0.407 e. The molecule has 0 aliphatic carbocycles. The molecule has 0 aromatic heterocycles. The average molecular weight is 290 g/mol. The fourth-order valence-electron chi connectivity index (χ4n) is 2.60. The molecule has 0 spiro atoms. The summed E-state index contributed by atoms with van der Waals surface area (Å²) in [4.78, 5) is 11.9. The molecule has 1 aliphatic rings. The van der Waals surface area contributed by atoms with Gasteiger partial charge < -0.3 is 15.4 Å². The summed E-state index contributed by atoms with van der Waals surface area (Å²) in [5, 5.41) is 6.35. The van der Waals surface area contributed by atoms with Gasteiger partial charge in [0.15, 0.2) is 0 Å². The minimum absolute atomic E-state index is 0.126. The number of hydrogen-bond acceptors (Lipinski definition) is 3. The largest absolute Gasteiger partial charge is 0.444 e. The summed E-state index contributed by atoms with van der Waals surface area (Å²) >= 11 is 0. The Hall–Kier alpha value is -1.55. The van der Waals surface area contributed by atoms with Gasteiger partial charge in [0.1, 0.15) is 5.60 Å². The molecule has 0 saturated carbocycles. The molecule has 1 fully saturated rings. The molecule has 2 unspecified atom stereocenters. The van der Waals surface area contributed by atoms with Crippen molar-refractivity contribution in [3.8, 4) is 0 Å². The highest BCUT2D eigenvalue weighted by Gasteiger charge is 2.29. The molecule has 116 valence electrons. The third-order valence-electron chi connectivity index (χ3n) is 3.66. The third kappa shape index (κ3) is 5.05. The van der Waals surface area contributed by atoms with Crippen molar-refractivity contribution in [2.24, 2.45) is 5.92 Å². The Bertz CT molecular complexity index is 477. The SMILES string of the molecule is Cc1ccc(CC2CNCC2NC(=O)OC(C)(C)C)cc1. The van der Waals surface area contributed by atoms with E-state index in [9.17, 15) is 4.79 Å². The first-order valence-corrected chi connectivity index (χ1v) is 7.59. The molecule has 0 radical (unpaired) electrons. The summed E-state index contributed by atoms with van der Waals surface area (Å²) in [6.07, 6.45) is 0.637. The van der Waals surface area contributed by atoms with E-state index >= 15 is 0 Å². The minimum atomic E-state index is -0.456. The van der Waals surface area contributed by atoms with E-state index < -0.39 is 5.60 Å². The van der Waals surface area contributed by atoms with Crippen molar-refractivity contribution in [2.45, 2.75) is 45.8 Å². The van der Waals surface area contributed by atoms with Crippen molar-refractivity contribution in [1.82, 2.24) is 10.6 Å². The molecule has 2 atom stereocenters. The molecule has 21 heavy (non-hydrogen) atoms. The first-order valence-electron chi connectivity index (χ1n) is 7.59. The van der Waals surface area contributed by atoms with Gasteiger partial charge in [0.2, 0.25) is 0 Å². The highest BCUT2D eigenvalue weighted by Crippen LogP contribution is 2.17. The second kappa shape index (κ2) is 6.48. The summed E-state index contributed by atoms with van der Waals surface area (Å²) in [5.41, 5.74) is 2.12. The summed E-state index contributed by atoms with van der Waals surface area (Å²) in [6.45, 7) is 9.45. The molecule has 1 aromatic rings. The van der Waals surface area contributed by atoms with Crippen LogP contribution in [0, 0.1) is 12.8 Å². The number of nitrogens with one attached hydrogen (secondary N) is 2. The standard InChI is InChI=1S/C17H26N2O2/c1-12-5-7-13(8-6-12)9-14-10-18-11-15(14)19-16(20)21-17(2,3)4/h5-8,14-15,18H,9-11H2,1-4H3,(H,19,20). The number of amides is 1. The smallest absolute Gasteiger partial charge is 0.407 e. The first kappa shape index (κ1) is 15.8. The maximum absolute atomic E-state index is 11.9. The fraction of sp³-hybridized carbons (Fsp3) is 0.588. The number of rotatable bonds is 3. The highest BCUT2D eigenvalue weighted by atomic mass is 16.6. The van der Waals surface area contributed by atoms with Crippen LogP contribution in [0.3, 0.4) is 0 Å². The van der Waals surface area contributed by atoms with E-state index in [1.54, 1.807) is 0 Å². The molecule has 1 aliphatic heterocycles. The molecular weight excluding hydrogens is 264 g/mol. The lowest BCUT2D eigenvalue weighted by Crippen LogP contribution is -2.43. The molecule has 4 heteroatoms. The molecule has 0 bridgehead atoms. The molecule has 1 amide bonds. The van der Waals surface area contributed by atoms with Gasteiger partial charge in [0.05, 0.1) is 0 Å². The Morgan fingerprint density at radius 1 is 1.29 bits per heavy atom. The summed E-state index contributed by atoms with van der Waals surface area (Å²) < 4.78 is 5.34. The Balaban J connectivity index is 1.91. The van der Waals surface area contributed by atoms with Gasteiger partial charge in [-0.3, -0.25) is 0 Å². The van der Waals surface area contributed by atoms with E-state index in [1.165, 1.54) is 11.1 Å². The van der Waals surface area contributed by atoms with Crippen LogP contribution >= 0.6 is 0 Å². The second-order valence-electron chi connectivity index (χ2n) is 6.86. The van der Waals surface area contributed by atoms with Gasteiger partial charge in [-0.25, -0.2) is 4.79 Å². The Morgan fingerprint density at radius 3 is 2.57 bits per heavy atom. The number of hydrogen-bond donors (Lipinski definition) is 2. The summed E-state index contributed by atoms with van der Waals surface area (Å²) in [5.74, 6) is 0.403. The van der Waals surface area contributed by atoms with E-state index in [4.69, 9.17) is 4.74 Å². The van der Waals surface area contributed by atoms with Gasteiger partial charge in [-0.15, -0.1) is 0 Å². The lowest BCUT2D eigenvalue weighted by Gasteiger charge is -2.24. The van der Waals surface area contributed by atoms with Crippen molar-refractivity contribution in [3.05, 3.63) is 35.4 Å². The van der Waals surface area contributed by atoms with Crippen LogP contribution in [-0.4, -0.2) is 30.8 Å². The van der Waals surface area contributed by atoms with Crippen molar-refractivity contribution < 1.29 is 9.53 Å². The fourth-order valence-corrected chi connectivity index (χ4v) is 2.60. The summed E-state index contributed by atoms with van der Waals surface area (Å²) in [6, 6.07) is 8.72. The first-order chi connectivity index (χ1) is 9.83. The normalized spacial score (nSPS) is 22.1. The van der Waals surface area contributed by atoms with E-state index in [0.29, 0.717) is 5.92 Å². The van der Waals surface area contributed by atoms with Crippen LogP contribution < -0.4 is 10.6 Å². The zero-order valence-corrected chi connectivity index (χ0v) is 13.4. The van der Waals surface area contributed by atoms with Crippen LogP contribution in [0.25, 0.3) is 0 Å². The van der Waals surface area contributed by atoms with Crippen molar-refractivity contribution in [2.75, 3.05) is 13.1 Å². The van der Waals surface area contributed by atoms with Gasteiger partial charge in [-0.05, 0) is 45.6 Å². The van der Waals surface area contributed by atoms with Crippen molar-refractivity contribution >= 4 is 6.09 Å². The van der Waals surface area contributed by atoms with Gasteiger partial charge in [-0.2, -0.15) is 0 Å². The Labute approximate surface area is 127 Å². The Morgan fingerprint density at radius 2 is 1.95 bits per heavy atom. The number of carbonyl (C=O) groups excluding carboxylic acids is 1. The van der Waals surface area contributed by atoms with Gasteiger partial charge in [0.25, 0.3) is 0 Å². The van der Waals surface area contributed by atoms with E-state index in [0.717, 1.165) is 19.5 Å². The van der Waals surface area contributed by atoms with Crippen LogP contribution in [-0.2, 0) is 11.2 Å². The third-order valence-corrected chi connectivity index (χ3v) is 3.66. The van der Waals surface area contributed by atoms with Crippen molar-refractivity contribution in [1.29, 1.82) is 0 Å². The van der Waals surface area contributed by atoms with Crippen LogP contribution in [0.15, 0.2) is 24.3 Å². The number of alkyl carbamates (subject to hydrolysis) is 1.